The number of rotatable bonds is 4. The molecule has 1 spiro atoms. The minimum atomic E-state index is -1.04. The molecule has 1 fully saturated rings. The molecule has 1 N–H and O–H groups in total. The van der Waals surface area contributed by atoms with Gasteiger partial charge in [0, 0.05) is 12.3 Å². The van der Waals surface area contributed by atoms with E-state index in [1.54, 1.807) is 31.2 Å². The van der Waals surface area contributed by atoms with E-state index in [0.29, 0.717) is 29.2 Å². The van der Waals surface area contributed by atoms with Gasteiger partial charge < -0.3 is 9.84 Å². The second-order valence-corrected chi connectivity index (χ2v) is 9.80. The Morgan fingerprint density at radius 1 is 1.06 bits per heavy atom. The largest absolute Gasteiger partial charge is 0.466 e. The van der Waals surface area contributed by atoms with Crippen LogP contribution in [0.5, 0.6) is 5.75 Å². The van der Waals surface area contributed by atoms with E-state index in [0.717, 1.165) is 12.8 Å². The van der Waals surface area contributed by atoms with Crippen LogP contribution in [0.1, 0.15) is 69.0 Å². The Hall–Kier alpha value is -2.66. The van der Waals surface area contributed by atoms with Crippen LogP contribution < -0.4 is 4.74 Å². The maximum atomic E-state index is 13.9. The number of carbonyl (C=O) groups is 2. The molecule has 2 aromatic rings. The Kier molecular flexibility index (Phi) is 6.13. The second-order valence-electron chi connectivity index (χ2n) is 9.80. The number of aliphatic hydroxyl groups excluding tert-OH is 1. The third kappa shape index (κ3) is 3.73. The van der Waals surface area contributed by atoms with Crippen molar-refractivity contribution in [3.63, 3.8) is 0 Å². The summed E-state index contributed by atoms with van der Waals surface area (Å²) in [5, 5.41) is 11.0. The van der Waals surface area contributed by atoms with Crippen molar-refractivity contribution in [3.05, 3.63) is 65.7 Å². The predicted molar refractivity (Wildman–Crippen MR) is 123 cm³/mol. The summed E-state index contributed by atoms with van der Waals surface area (Å²) in [5.41, 5.74) is 0.0122. The zero-order chi connectivity index (χ0) is 23.0. The van der Waals surface area contributed by atoms with Crippen molar-refractivity contribution in [1.82, 2.24) is 4.90 Å². The fourth-order valence-electron chi connectivity index (χ4n) is 5.50. The van der Waals surface area contributed by atoms with Gasteiger partial charge in [0.25, 0.3) is 5.91 Å². The number of amides is 2. The number of benzene rings is 2. The Balaban J connectivity index is 1.80. The molecule has 0 bridgehead atoms. The molecule has 5 nitrogen and oxygen atoms in total. The average molecular weight is 436 g/mol. The van der Waals surface area contributed by atoms with Crippen LogP contribution in [0.2, 0.25) is 0 Å². The Morgan fingerprint density at radius 3 is 2.41 bits per heavy atom. The van der Waals surface area contributed by atoms with Gasteiger partial charge in [0.1, 0.15) is 5.75 Å². The maximum absolute atomic E-state index is 13.9. The lowest BCUT2D eigenvalue weighted by Crippen LogP contribution is -2.68. The number of aliphatic hydroxyl groups is 1. The van der Waals surface area contributed by atoms with Crippen molar-refractivity contribution in [2.45, 2.75) is 58.8 Å². The fourth-order valence-corrected chi connectivity index (χ4v) is 5.50. The monoisotopic (exact) mass is 435 g/mol. The number of para-hydroxylation sites is 1. The van der Waals surface area contributed by atoms with Crippen LogP contribution >= 0.6 is 0 Å². The molecule has 5 atom stereocenters. The second kappa shape index (κ2) is 8.70. The summed E-state index contributed by atoms with van der Waals surface area (Å²) in [4.78, 5) is 29.1. The van der Waals surface area contributed by atoms with E-state index < -0.39 is 17.7 Å². The molecule has 0 saturated heterocycles. The van der Waals surface area contributed by atoms with Crippen LogP contribution in [0, 0.1) is 23.7 Å². The first-order valence-electron chi connectivity index (χ1n) is 11.7. The lowest BCUT2D eigenvalue weighted by Gasteiger charge is -2.55. The quantitative estimate of drug-likeness (QED) is 0.716. The van der Waals surface area contributed by atoms with Crippen molar-refractivity contribution < 1.29 is 19.4 Å². The van der Waals surface area contributed by atoms with Gasteiger partial charge in [-0.05, 0) is 42.4 Å². The summed E-state index contributed by atoms with van der Waals surface area (Å²) in [7, 11) is 0. The summed E-state index contributed by atoms with van der Waals surface area (Å²) < 4.78 is 6.65. The van der Waals surface area contributed by atoms with Crippen molar-refractivity contribution >= 4 is 11.8 Å². The molecule has 2 aliphatic rings. The molecular weight excluding hydrogens is 402 g/mol. The number of fused-ring (bicyclic) bond motifs is 1. The van der Waals surface area contributed by atoms with Gasteiger partial charge >= 0.3 is 0 Å². The summed E-state index contributed by atoms with van der Waals surface area (Å²) in [5.74, 6) is -0.419. The maximum Gasteiger partial charge on any atom is 0.267 e. The normalized spacial score (nSPS) is 27.1. The van der Waals surface area contributed by atoms with Gasteiger partial charge in [-0.2, -0.15) is 0 Å². The van der Waals surface area contributed by atoms with Gasteiger partial charge in [0.05, 0.1) is 17.6 Å². The molecule has 1 aliphatic heterocycles. The number of nitrogens with zero attached hydrogens (tertiary/aromatic N) is 1. The van der Waals surface area contributed by atoms with Crippen LogP contribution in [0.4, 0.5) is 0 Å². The first kappa shape index (κ1) is 22.5. The van der Waals surface area contributed by atoms with Gasteiger partial charge in [0.2, 0.25) is 5.91 Å². The molecule has 2 amide bonds. The third-order valence-electron chi connectivity index (χ3n) is 7.21. The van der Waals surface area contributed by atoms with Gasteiger partial charge in [-0.15, -0.1) is 0 Å². The molecule has 1 aliphatic carbocycles. The van der Waals surface area contributed by atoms with E-state index in [1.165, 1.54) is 4.90 Å². The lowest BCUT2D eigenvalue weighted by molar-refractivity contribution is -0.181. The summed E-state index contributed by atoms with van der Waals surface area (Å²) >= 11 is 0. The Labute approximate surface area is 190 Å². The van der Waals surface area contributed by atoms with E-state index >= 15 is 0 Å². The summed E-state index contributed by atoms with van der Waals surface area (Å²) in [6.45, 7) is 8.10. The fraction of sp³-hybridized carbons (Fsp3) is 0.481. The topological polar surface area (TPSA) is 66.8 Å². The van der Waals surface area contributed by atoms with Gasteiger partial charge in [0.15, 0.2) is 5.72 Å². The van der Waals surface area contributed by atoms with Crippen LogP contribution in [-0.4, -0.2) is 27.5 Å². The molecule has 0 aromatic heterocycles. The van der Waals surface area contributed by atoms with Gasteiger partial charge in [-0.1, -0.05) is 70.2 Å². The number of imide groups is 1. The van der Waals surface area contributed by atoms with Crippen LogP contribution in [0.25, 0.3) is 0 Å². The number of carbonyl (C=O) groups excluding carboxylic acids is 2. The first-order valence-corrected chi connectivity index (χ1v) is 11.7. The number of hydrogen-bond donors (Lipinski definition) is 1. The zero-order valence-electron chi connectivity index (χ0n) is 19.3. The van der Waals surface area contributed by atoms with E-state index in [4.69, 9.17) is 4.74 Å². The lowest BCUT2D eigenvalue weighted by atomic mass is 9.69. The van der Waals surface area contributed by atoms with Crippen LogP contribution in [0.3, 0.4) is 0 Å². The molecule has 32 heavy (non-hydrogen) atoms. The molecule has 0 radical (unpaired) electrons. The predicted octanol–water partition coefficient (Wildman–Crippen LogP) is 5.21. The van der Waals surface area contributed by atoms with Crippen molar-refractivity contribution in [1.29, 1.82) is 0 Å². The van der Waals surface area contributed by atoms with Crippen molar-refractivity contribution in [2.75, 3.05) is 0 Å². The number of ether oxygens (including phenoxy) is 1. The van der Waals surface area contributed by atoms with Crippen molar-refractivity contribution in [3.8, 4) is 5.75 Å². The zero-order valence-corrected chi connectivity index (χ0v) is 19.3. The molecule has 2 aromatic carbocycles. The molecule has 170 valence electrons. The van der Waals surface area contributed by atoms with Gasteiger partial charge in [-0.25, -0.2) is 4.90 Å². The molecule has 0 unspecified atom stereocenters. The third-order valence-corrected chi connectivity index (χ3v) is 7.21. The SMILES string of the molecule is CC(C)[C@@H]1CC[C@@H](C)C[C@]12Oc1ccccc1C(=O)N2C(=O)[C@H](C)[C@@H](O)c1ccccc1. The minimum absolute atomic E-state index is 0.0148. The van der Waals surface area contributed by atoms with E-state index in [9.17, 15) is 14.7 Å². The highest BCUT2D eigenvalue weighted by Gasteiger charge is 2.58. The highest BCUT2D eigenvalue weighted by molar-refractivity contribution is 6.08. The standard InChI is InChI=1S/C27H33NO4/c1-17(2)22-15-14-18(3)16-27(22)28(26(31)21-12-8-9-13-23(21)32-27)25(30)19(4)24(29)20-10-6-5-7-11-20/h5-13,17-19,22,24,29H,14-16H2,1-4H3/t18-,19-,22+,24-,27+/m1/s1. The molecular formula is C27H33NO4. The Morgan fingerprint density at radius 2 is 1.72 bits per heavy atom. The number of hydrogen-bond acceptors (Lipinski definition) is 4. The highest BCUT2D eigenvalue weighted by Crippen LogP contribution is 2.50. The minimum Gasteiger partial charge on any atom is -0.466 e. The highest BCUT2D eigenvalue weighted by atomic mass is 16.5. The molecule has 4 rings (SSSR count). The van der Waals surface area contributed by atoms with Gasteiger partial charge in [-0.3, -0.25) is 9.59 Å². The van der Waals surface area contributed by atoms with Crippen LogP contribution in [0.15, 0.2) is 54.6 Å². The van der Waals surface area contributed by atoms with E-state index in [-0.39, 0.29) is 23.7 Å². The first-order chi connectivity index (χ1) is 15.3. The summed E-state index contributed by atoms with van der Waals surface area (Å²) in [6.07, 6.45) is 1.50. The molecule has 5 heteroatoms. The van der Waals surface area contributed by atoms with Crippen molar-refractivity contribution in [2.24, 2.45) is 23.7 Å². The van der Waals surface area contributed by atoms with E-state index in [1.807, 2.05) is 30.3 Å². The molecule has 1 heterocycles. The van der Waals surface area contributed by atoms with Crippen LogP contribution in [-0.2, 0) is 4.79 Å². The smallest absolute Gasteiger partial charge is 0.267 e. The average Bonchev–Trinajstić information content (AvgIpc) is 2.78. The molecule has 1 saturated carbocycles. The Bertz CT molecular complexity index is 988. The van der Waals surface area contributed by atoms with E-state index in [2.05, 4.69) is 20.8 Å². The summed E-state index contributed by atoms with van der Waals surface area (Å²) in [6, 6.07) is 16.3.